The van der Waals surface area contributed by atoms with E-state index in [9.17, 15) is 4.79 Å². The molecule has 0 spiro atoms. The van der Waals surface area contributed by atoms with Gasteiger partial charge in [-0.15, -0.1) is 0 Å². The van der Waals surface area contributed by atoms with Crippen molar-refractivity contribution in [1.82, 2.24) is 9.80 Å². The maximum Gasteiger partial charge on any atom is 0.227 e. The van der Waals surface area contributed by atoms with Gasteiger partial charge in [0.2, 0.25) is 5.91 Å². The van der Waals surface area contributed by atoms with E-state index in [0.717, 1.165) is 52.4 Å². The first-order valence-electron chi connectivity index (χ1n) is 9.07. The first-order chi connectivity index (χ1) is 10.7. The highest BCUT2D eigenvalue weighted by Crippen LogP contribution is 2.48. The van der Waals surface area contributed by atoms with Crippen molar-refractivity contribution in [1.29, 1.82) is 0 Å². The molecule has 0 aromatic rings. The van der Waals surface area contributed by atoms with Gasteiger partial charge in [-0.2, -0.15) is 0 Å². The van der Waals surface area contributed by atoms with E-state index in [-0.39, 0.29) is 12.0 Å². The van der Waals surface area contributed by atoms with Crippen molar-refractivity contribution >= 4 is 5.91 Å². The average Bonchev–Trinajstić information content (AvgIpc) is 3.23. The van der Waals surface area contributed by atoms with Gasteiger partial charge in [0.15, 0.2) is 0 Å². The molecule has 5 unspecified atom stereocenters. The molecule has 5 heteroatoms. The van der Waals surface area contributed by atoms with Gasteiger partial charge in [0.1, 0.15) is 0 Å². The van der Waals surface area contributed by atoms with Crippen LogP contribution in [-0.4, -0.2) is 67.7 Å². The lowest BCUT2D eigenvalue weighted by atomic mass is 9.84. The van der Waals surface area contributed by atoms with Crippen LogP contribution in [0.5, 0.6) is 0 Å². The number of fused-ring (bicyclic) bond motifs is 2. The zero-order valence-corrected chi connectivity index (χ0v) is 13.5. The van der Waals surface area contributed by atoms with Crippen LogP contribution in [0.4, 0.5) is 0 Å². The highest BCUT2D eigenvalue weighted by atomic mass is 16.5. The zero-order valence-electron chi connectivity index (χ0n) is 13.5. The zero-order chi connectivity index (χ0) is 15.1. The SMILES string of the molecule is NC1C2CCC(C2)C1C(=O)N1CCC(CN2CCOCC2)C1. The van der Waals surface area contributed by atoms with E-state index >= 15 is 0 Å². The molecule has 2 heterocycles. The first kappa shape index (κ1) is 14.9. The second-order valence-electron chi connectivity index (χ2n) is 7.79. The molecular weight excluding hydrogens is 278 g/mol. The van der Waals surface area contributed by atoms with E-state index in [1.165, 1.54) is 19.3 Å². The van der Waals surface area contributed by atoms with Crippen LogP contribution in [0.15, 0.2) is 0 Å². The second kappa shape index (κ2) is 6.10. The number of carbonyl (C=O) groups excluding carboxylic acids is 1. The van der Waals surface area contributed by atoms with Crippen LogP contribution < -0.4 is 5.73 Å². The Bertz CT molecular complexity index is 422. The quantitative estimate of drug-likeness (QED) is 0.827. The fourth-order valence-electron chi connectivity index (χ4n) is 5.24. The Kier molecular flexibility index (Phi) is 4.13. The lowest BCUT2D eigenvalue weighted by Crippen LogP contribution is -2.46. The van der Waals surface area contributed by atoms with E-state index in [1.807, 2.05) is 0 Å². The largest absolute Gasteiger partial charge is 0.379 e. The third kappa shape index (κ3) is 2.68. The molecule has 2 saturated heterocycles. The number of amides is 1. The molecule has 4 fully saturated rings. The van der Waals surface area contributed by atoms with Crippen molar-refractivity contribution in [2.75, 3.05) is 45.9 Å². The molecule has 2 saturated carbocycles. The number of morpholine rings is 1. The highest BCUT2D eigenvalue weighted by Gasteiger charge is 2.50. The van der Waals surface area contributed by atoms with Gasteiger partial charge in [0.05, 0.1) is 19.1 Å². The molecule has 124 valence electrons. The minimum absolute atomic E-state index is 0.126. The van der Waals surface area contributed by atoms with E-state index in [2.05, 4.69) is 9.80 Å². The van der Waals surface area contributed by atoms with Crippen molar-refractivity contribution < 1.29 is 9.53 Å². The van der Waals surface area contributed by atoms with Crippen molar-refractivity contribution in [3.8, 4) is 0 Å². The molecule has 4 aliphatic rings. The van der Waals surface area contributed by atoms with Crippen LogP contribution in [0.25, 0.3) is 0 Å². The summed E-state index contributed by atoms with van der Waals surface area (Å²) in [4.78, 5) is 17.5. The fourth-order valence-corrected chi connectivity index (χ4v) is 5.24. The molecule has 1 amide bonds. The number of hydrogen-bond donors (Lipinski definition) is 1. The average molecular weight is 307 g/mol. The Morgan fingerprint density at radius 1 is 1.09 bits per heavy atom. The summed E-state index contributed by atoms with van der Waals surface area (Å²) in [5.74, 6) is 2.32. The standard InChI is InChI=1S/C17H29N3O2/c18-16-14-2-1-13(9-14)15(16)17(21)20-4-3-12(11-20)10-19-5-7-22-8-6-19/h12-16H,1-11,18H2. The molecule has 0 radical (unpaired) electrons. The molecule has 2 bridgehead atoms. The summed E-state index contributed by atoms with van der Waals surface area (Å²) in [5.41, 5.74) is 6.35. The highest BCUT2D eigenvalue weighted by molar-refractivity contribution is 5.81. The molecule has 2 aliphatic heterocycles. The summed E-state index contributed by atoms with van der Waals surface area (Å²) < 4.78 is 5.41. The lowest BCUT2D eigenvalue weighted by Gasteiger charge is -2.31. The number of likely N-dealkylation sites (tertiary alicyclic amines) is 1. The van der Waals surface area contributed by atoms with Gasteiger partial charge in [0.25, 0.3) is 0 Å². The number of carbonyl (C=O) groups is 1. The van der Waals surface area contributed by atoms with Crippen molar-refractivity contribution in [3.63, 3.8) is 0 Å². The van der Waals surface area contributed by atoms with Gasteiger partial charge in [-0.25, -0.2) is 0 Å². The van der Waals surface area contributed by atoms with Gasteiger partial charge in [-0.3, -0.25) is 9.69 Å². The molecule has 0 aromatic heterocycles. The molecular formula is C17H29N3O2. The summed E-state index contributed by atoms with van der Waals surface area (Å²) in [6.07, 6.45) is 4.82. The smallest absolute Gasteiger partial charge is 0.227 e. The summed E-state index contributed by atoms with van der Waals surface area (Å²) in [7, 11) is 0. The monoisotopic (exact) mass is 307 g/mol. The molecule has 22 heavy (non-hydrogen) atoms. The number of rotatable bonds is 3. The molecule has 5 nitrogen and oxygen atoms in total. The molecule has 2 aliphatic carbocycles. The third-order valence-electron chi connectivity index (χ3n) is 6.48. The van der Waals surface area contributed by atoms with Crippen molar-refractivity contribution in [2.45, 2.75) is 31.7 Å². The Morgan fingerprint density at radius 3 is 2.59 bits per heavy atom. The van der Waals surface area contributed by atoms with E-state index < -0.39 is 0 Å². The Labute approximate surface area is 133 Å². The lowest BCUT2D eigenvalue weighted by molar-refractivity contribution is -0.136. The fraction of sp³-hybridized carbons (Fsp3) is 0.941. The topological polar surface area (TPSA) is 58.8 Å². The molecule has 5 atom stereocenters. The first-order valence-corrected chi connectivity index (χ1v) is 9.07. The predicted octanol–water partition coefficient (Wildman–Crippen LogP) is 0.541. The van der Waals surface area contributed by atoms with Crippen LogP contribution in [0.3, 0.4) is 0 Å². The third-order valence-corrected chi connectivity index (χ3v) is 6.48. The van der Waals surface area contributed by atoms with Crippen LogP contribution >= 0.6 is 0 Å². The van der Waals surface area contributed by atoms with E-state index in [0.29, 0.717) is 23.7 Å². The van der Waals surface area contributed by atoms with Crippen LogP contribution in [-0.2, 0) is 9.53 Å². The predicted molar refractivity (Wildman–Crippen MR) is 84.2 cm³/mol. The summed E-state index contributed by atoms with van der Waals surface area (Å²) in [6, 6.07) is 0.129. The van der Waals surface area contributed by atoms with Crippen molar-refractivity contribution in [3.05, 3.63) is 0 Å². The minimum atomic E-state index is 0.126. The van der Waals surface area contributed by atoms with Crippen molar-refractivity contribution in [2.24, 2.45) is 29.4 Å². The van der Waals surface area contributed by atoms with Gasteiger partial charge < -0.3 is 15.4 Å². The van der Waals surface area contributed by atoms with Gasteiger partial charge >= 0.3 is 0 Å². The molecule has 0 aromatic carbocycles. The number of hydrogen-bond acceptors (Lipinski definition) is 4. The maximum atomic E-state index is 12.9. The van der Waals surface area contributed by atoms with Crippen LogP contribution in [0.2, 0.25) is 0 Å². The maximum absolute atomic E-state index is 12.9. The Balaban J connectivity index is 1.31. The van der Waals surface area contributed by atoms with E-state index in [4.69, 9.17) is 10.5 Å². The number of nitrogens with zero attached hydrogens (tertiary/aromatic N) is 2. The van der Waals surface area contributed by atoms with Gasteiger partial charge in [-0.05, 0) is 43.4 Å². The summed E-state index contributed by atoms with van der Waals surface area (Å²) >= 11 is 0. The Hall–Kier alpha value is -0.650. The van der Waals surface area contributed by atoms with E-state index in [1.54, 1.807) is 0 Å². The molecule has 4 rings (SSSR count). The Morgan fingerprint density at radius 2 is 1.86 bits per heavy atom. The number of nitrogens with two attached hydrogens (primary N) is 1. The normalized spacial score (nSPS) is 42.2. The van der Waals surface area contributed by atoms with Crippen LogP contribution in [0.1, 0.15) is 25.7 Å². The summed E-state index contributed by atoms with van der Waals surface area (Å²) in [5, 5.41) is 0. The van der Waals surface area contributed by atoms with Crippen LogP contribution in [0, 0.1) is 23.7 Å². The molecule has 2 N–H and O–H groups in total. The summed E-state index contributed by atoms with van der Waals surface area (Å²) in [6.45, 7) is 6.80. The number of ether oxygens (including phenoxy) is 1. The second-order valence-corrected chi connectivity index (χ2v) is 7.79. The van der Waals surface area contributed by atoms with Gasteiger partial charge in [0, 0.05) is 38.8 Å². The van der Waals surface area contributed by atoms with Gasteiger partial charge in [-0.1, -0.05) is 0 Å². The minimum Gasteiger partial charge on any atom is -0.379 e.